The van der Waals surface area contributed by atoms with Crippen LogP contribution in [0.15, 0.2) is 30.0 Å². The number of ether oxygens (including phenoxy) is 5. The zero-order chi connectivity index (χ0) is 22.9. The molecule has 0 aliphatic carbocycles. The molecule has 0 amide bonds. The molecule has 1 heterocycles. The molecule has 1 aliphatic heterocycles. The standard InChI is InChI=1S/C24H26O7/c1-13-10-15(30-23(26)24(2,3)4)12-17-19(13)20(25)18(31-17)11-14-8-9-16(27-5)22(29-7)21(14)28-6/h8-12H,1-7H3/b18-11-. The van der Waals surface area contributed by atoms with Crippen molar-refractivity contribution in [2.45, 2.75) is 27.7 Å². The van der Waals surface area contributed by atoms with Crippen molar-refractivity contribution in [1.82, 2.24) is 0 Å². The molecule has 0 atom stereocenters. The van der Waals surface area contributed by atoms with Gasteiger partial charge in [-0.3, -0.25) is 9.59 Å². The summed E-state index contributed by atoms with van der Waals surface area (Å²) in [4.78, 5) is 25.2. The number of fused-ring (bicyclic) bond motifs is 1. The molecule has 3 rings (SSSR count). The lowest BCUT2D eigenvalue weighted by Crippen LogP contribution is -2.25. The SMILES string of the molecule is COc1ccc(/C=C2\Oc3cc(OC(=O)C(C)(C)C)cc(C)c3C2=O)c(OC)c1OC. The normalized spacial score (nSPS) is 14.2. The van der Waals surface area contributed by atoms with Gasteiger partial charge in [0.1, 0.15) is 11.5 Å². The van der Waals surface area contributed by atoms with Crippen molar-refractivity contribution in [1.29, 1.82) is 0 Å². The summed E-state index contributed by atoms with van der Waals surface area (Å²) in [6.45, 7) is 7.08. The Morgan fingerprint density at radius 2 is 1.68 bits per heavy atom. The highest BCUT2D eigenvalue weighted by Gasteiger charge is 2.32. The van der Waals surface area contributed by atoms with Crippen LogP contribution >= 0.6 is 0 Å². The molecule has 0 spiro atoms. The molecule has 0 aromatic heterocycles. The first-order chi connectivity index (χ1) is 14.6. The number of carbonyl (C=O) groups is 2. The van der Waals surface area contributed by atoms with Gasteiger partial charge in [0.05, 0.1) is 32.3 Å². The zero-order valence-electron chi connectivity index (χ0n) is 18.7. The average Bonchev–Trinajstić information content (AvgIpc) is 3.02. The molecule has 2 aromatic rings. The van der Waals surface area contributed by atoms with E-state index in [4.69, 9.17) is 23.7 Å². The van der Waals surface area contributed by atoms with Crippen molar-refractivity contribution in [3.8, 4) is 28.7 Å². The number of methoxy groups -OCH3 is 3. The maximum absolute atomic E-state index is 13.0. The lowest BCUT2D eigenvalue weighted by atomic mass is 9.97. The summed E-state index contributed by atoms with van der Waals surface area (Å²) >= 11 is 0. The molecular formula is C24H26O7. The molecular weight excluding hydrogens is 400 g/mol. The predicted octanol–water partition coefficient (Wildman–Crippen LogP) is 4.59. The van der Waals surface area contributed by atoms with Gasteiger partial charge < -0.3 is 23.7 Å². The van der Waals surface area contributed by atoms with Gasteiger partial charge in [-0.15, -0.1) is 0 Å². The van der Waals surface area contributed by atoms with E-state index in [-0.39, 0.29) is 17.5 Å². The number of allylic oxidation sites excluding steroid dienone is 1. The first-order valence-electron chi connectivity index (χ1n) is 9.70. The average molecular weight is 426 g/mol. The van der Waals surface area contributed by atoms with Gasteiger partial charge in [0, 0.05) is 11.6 Å². The predicted molar refractivity (Wildman–Crippen MR) is 115 cm³/mol. The lowest BCUT2D eigenvalue weighted by molar-refractivity contribution is -0.143. The summed E-state index contributed by atoms with van der Waals surface area (Å²) in [5.74, 6) is 1.49. The highest BCUT2D eigenvalue weighted by Crippen LogP contribution is 2.42. The van der Waals surface area contributed by atoms with Crippen LogP contribution in [0.2, 0.25) is 0 Å². The van der Waals surface area contributed by atoms with Gasteiger partial charge >= 0.3 is 5.97 Å². The third-order valence-corrected chi connectivity index (χ3v) is 4.79. The molecule has 0 unspecified atom stereocenters. The maximum atomic E-state index is 13.0. The van der Waals surface area contributed by atoms with Crippen LogP contribution in [0.1, 0.15) is 42.3 Å². The van der Waals surface area contributed by atoms with Crippen molar-refractivity contribution in [2.75, 3.05) is 21.3 Å². The third kappa shape index (κ3) is 4.21. The highest BCUT2D eigenvalue weighted by molar-refractivity contribution is 6.15. The van der Waals surface area contributed by atoms with Crippen LogP contribution in [-0.2, 0) is 4.79 Å². The summed E-state index contributed by atoms with van der Waals surface area (Å²) in [6.07, 6.45) is 1.59. The van der Waals surface area contributed by atoms with E-state index in [0.29, 0.717) is 45.4 Å². The molecule has 31 heavy (non-hydrogen) atoms. The van der Waals surface area contributed by atoms with E-state index in [1.807, 2.05) is 0 Å². The van der Waals surface area contributed by atoms with E-state index < -0.39 is 5.41 Å². The van der Waals surface area contributed by atoms with Crippen molar-refractivity contribution in [3.63, 3.8) is 0 Å². The number of Topliss-reactive ketones (excluding diaryl/α,β-unsaturated/α-hetero) is 1. The minimum Gasteiger partial charge on any atom is -0.493 e. The summed E-state index contributed by atoms with van der Waals surface area (Å²) < 4.78 is 27.5. The topological polar surface area (TPSA) is 80.3 Å². The van der Waals surface area contributed by atoms with Crippen LogP contribution in [0, 0.1) is 12.3 Å². The molecule has 7 nitrogen and oxygen atoms in total. The number of hydrogen-bond donors (Lipinski definition) is 0. The molecule has 0 fully saturated rings. The molecule has 0 saturated carbocycles. The van der Waals surface area contributed by atoms with Crippen molar-refractivity contribution < 1.29 is 33.3 Å². The van der Waals surface area contributed by atoms with Gasteiger partial charge in [0.25, 0.3) is 0 Å². The molecule has 0 radical (unpaired) electrons. The summed E-state index contributed by atoms with van der Waals surface area (Å²) in [5.41, 5.74) is 1.02. The van der Waals surface area contributed by atoms with Crippen LogP contribution < -0.4 is 23.7 Å². The van der Waals surface area contributed by atoms with Crippen LogP contribution in [-0.4, -0.2) is 33.1 Å². The third-order valence-electron chi connectivity index (χ3n) is 4.79. The molecule has 7 heteroatoms. The number of ketones is 1. The second-order valence-corrected chi connectivity index (χ2v) is 8.12. The van der Waals surface area contributed by atoms with Crippen LogP contribution in [0.5, 0.6) is 28.7 Å². The Balaban J connectivity index is 1.99. The van der Waals surface area contributed by atoms with Gasteiger partial charge in [0.2, 0.25) is 11.5 Å². The second-order valence-electron chi connectivity index (χ2n) is 8.12. The molecule has 0 bridgehead atoms. The number of benzene rings is 2. The molecule has 164 valence electrons. The second kappa shape index (κ2) is 8.34. The Kier molecular flexibility index (Phi) is 5.97. The largest absolute Gasteiger partial charge is 0.493 e. The Morgan fingerprint density at radius 3 is 2.26 bits per heavy atom. The van der Waals surface area contributed by atoms with E-state index in [1.54, 1.807) is 58.0 Å². The zero-order valence-corrected chi connectivity index (χ0v) is 18.7. The van der Waals surface area contributed by atoms with Gasteiger partial charge in [-0.2, -0.15) is 0 Å². The fourth-order valence-electron chi connectivity index (χ4n) is 3.18. The molecule has 1 aliphatic rings. The Hall–Kier alpha value is -3.48. The monoisotopic (exact) mass is 426 g/mol. The Morgan fingerprint density at radius 1 is 1.00 bits per heavy atom. The van der Waals surface area contributed by atoms with E-state index in [2.05, 4.69) is 0 Å². The maximum Gasteiger partial charge on any atom is 0.316 e. The van der Waals surface area contributed by atoms with Crippen LogP contribution in [0.3, 0.4) is 0 Å². The first kappa shape index (κ1) is 22.2. The quantitative estimate of drug-likeness (QED) is 0.393. The Labute approximate surface area is 181 Å². The smallest absolute Gasteiger partial charge is 0.316 e. The minimum absolute atomic E-state index is 0.128. The number of rotatable bonds is 5. The molecule has 2 aromatic carbocycles. The fraction of sp³-hybridized carbons (Fsp3) is 0.333. The van der Waals surface area contributed by atoms with E-state index in [0.717, 1.165) is 0 Å². The lowest BCUT2D eigenvalue weighted by Gasteiger charge is -2.16. The van der Waals surface area contributed by atoms with Gasteiger partial charge in [-0.25, -0.2) is 0 Å². The van der Waals surface area contributed by atoms with E-state index in [1.165, 1.54) is 21.3 Å². The van der Waals surface area contributed by atoms with Crippen molar-refractivity contribution in [2.24, 2.45) is 5.41 Å². The highest BCUT2D eigenvalue weighted by atomic mass is 16.5. The van der Waals surface area contributed by atoms with E-state index in [9.17, 15) is 9.59 Å². The summed E-state index contributed by atoms with van der Waals surface area (Å²) in [7, 11) is 4.54. The van der Waals surface area contributed by atoms with Gasteiger partial charge in [-0.1, -0.05) is 0 Å². The van der Waals surface area contributed by atoms with E-state index >= 15 is 0 Å². The molecule has 0 N–H and O–H groups in total. The van der Waals surface area contributed by atoms with Gasteiger partial charge in [-0.05, 0) is 57.5 Å². The summed E-state index contributed by atoms with van der Waals surface area (Å²) in [6, 6.07) is 6.67. The van der Waals surface area contributed by atoms with Crippen LogP contribution in [0.25, 0.3) is 6.08 Å². The van der Waals surface area contributed by atoms with Gasteiger partial charge in [0.15, 0.2) is 17.3 Å². The van der Waals surface area contributed by atoms with Crippen molar-refractivity contribution >= 4 is 17.8 Å². The number of carbonyl (C=O) groups excluding carboxylic acids is 2. The summed E-state index contributed by atoms with van der Waals surface area (Å²) in [5, 5.41) is 0. The van der Waals surface area contributed by atoms with Crippen molar-refractivity contribution in [3.05, 3.63) is 46.7 Å². The number of esters is 1. The molecule has 0 saturated heterocycles. The number of aryl methyl sites for hydroxylation is 1. The fourth-order valence-corrected chi connectivity index (χ4v) is 3.18. The minimum atomic E-state index is -0.654. The van der Waals surface area contributed by atoms with Crippen LogP contribution in [0.4, 0.5) is 0 Å². The number of hydrogen-bond acceptors (Lipinski definition) is 7. The Bertz CT molecular complexity index is 1070. The first-order valence-corrected chi connectivity index (χ1v) is 9.70.